The summed E-state index contributed by atoms with van der Waals surface area (Å²) in [6.07, 6.45) is 0. The van der Waals surface area contributed by atoms with E-state index >= 15 is 0 Å². The maximum absolute atomic E-state index is 6.14. The van der Waals surface area contributed by atoms with Gasteiger partial charge in [-0.1, -0.05) is 36.4 Å². The predicted molar refractivity (Wildman–Crippen MR) is 119 cm³/mol. The van der Waals surface area contributed by atoms with Gasteiger partial charge in [0.25, 0.3) is 0 Å². The number of benzene rings is 3. The summed E-state index contributed by atoms with van der Waals surface area (Å²) in [5, 5.41) is 3.39. The van der Waals surface area contributed by atoms with E-state index in [1.807, 2.05) is 79.7 Å². The van der Waals surface area contributed by atoms with Gasteiger partial charge in [0.1, 0.15) is 19.0 Å². The molecule has 0 bridgehead atoms. The highest BCUT2D eigenvalue weighted by molar-refractivity contribution is 5.52. The van der Waals surface area contributed by atoms with Gasteiger partial charge in [0.05, 0.1) is 7.11 Å². The van der Waals surface area contributed by atoms with Gasteiger partial charge in [0, 0.05) is 13.1 Å². The van der Waals surface area contributed by atoms with Crippen molar-refractivity contribution in [2.75, 3.05) is 33.4 Å². The lowest BCUT2D eigenvalue weighted by Crippen LogP contribution is -2.50. The topological polar surface area (TPSA) is 58.2 Å². The van der Waals surface area contributed by atoms with Gasteiger partial charge in [-0.3, -0.25) is 0 Å². The summed E-state index contributed by atoms with van der Waals surface area (Å²) < 4.78 is 29.5. The minimum atomic E-state index is -0.444. The number of methoxy groups -OCH3 is 1. The summed E-state index contributed by atoms with van der Waals surface area (Å²) in [6, 6.07) is 22.9. The van der Waals surface area contributed by atoms with Crippen molar-refractivity contribution in [2.24, 2.45) is 0 Å². The Hall–Kier alpha value is -3.38. The van der Waals surface area contributed by atoms with E-state index in [9.17, 15) is 0 Å². The standard InChI is InChI=1S/C25H27NO5/c1-25(18-29-20-11-6-7-12-21(20)31-25)17-26-15-16-28-24-22(27-2)13-8-14-23(24)30-19-9-4-3-5-10-19/h3-14,26H,15-18H2,1-2H3. The lowest BCUT2D eigenvalue weighted by Gasteiger charge is -2.35. The molecule has 1 aliphatic heterocycles. The molecule has 1 atom stereocenters. The molecule has 0 aliphatic carbocycles. The van der Waals surface area contributed by atoms with Crippen LogP contribution in [0.15, 0.2) is 72.8 Å². The largest absolute Gasteiger partial charge is 0.493 e. The van der Waals surface area contributed by atoms with Crippen LogP contribution >= 0.6 is 0 Å². The number of hydrogen-bond acceptors (Lipinski definition) is 6. The van der Waals surface area contributed by atoms with Crippen LogP contribution in [0.1, 0.15) is 6.92 Å². The van der Waals surface area contributed by atoms with Crippen LogP contribution in [-0.2, 0) is 0 Å². The first-order valence-electron chi connectivity index (χ1n) is 10.3. The molecular weight excluding hydrogens is 394 g/mol. The molecule has 0 aromatic heterocycles. The van der Waals surface area contributed by atoms with Crippen molar-refractivity contribution in [3.05, 3.63) is 72.8 Å². The van der Waals surface area contributed by atoms with Crippen LogP contribution in [0.4, 0.5) is 0 Å². The second kappa shape index (κ2) is 9.62. The van der Waals surface area contributed by atoms with Gasteiger partial charge in [-0.15, -0.1) is 0 Å². The predicted octanol–water partition coefficient (Wildman–Crippen LogP) is 4.69. The van der Waals surface area contributed by atoms with Crippen molar-refractivity contribution >= 4 is 0 Å². The summed E-state index contributed by atoms with van der Waals surface area (Å²) in [5.74, 6) is 4.10. The fraction of sp³-hybridized carbons (Fsp3) is 0.280. The summed E-state index contributed by atoms with van der Waals surface area (Å²) >= 11 is 0. The zero-order valence-corrected chi connectivity index (χ0v) is 17.8. The highest BCUT2D eigenvalue weighted by Crippen LogP contribution is 2.39. The van der Waals surface area contributed by atoms with Gasteiger partial charge >= 0.3 is 0 Å². The monoisotopic (exact) mass is 421 g/mol. The second-order valence-electron chi connectivity index (χ2n) is 7.52. The molecule has 31 heavy (non-hydrogen) atoms. The van der Waals surface area contributed by atoms with Crippen LogP contribution in [-0.4, -0.2) is 39.0 Å². The van der Waals surface area contributed by atoms with Crippen LogP contribution in [0, 0.1) is 0 Å². The normalized spacial score (nSPS) is 17.1. The smallest absolute Gasteiger partial charge is 0.204 e. The molecule has 0 spiro atoms. The summed E-state index contributed by atoms with van der Waals surface area (Å²) in [4.78, 5) is 0. The third-order valence-electron chi connectivity index (χ3n) is 4.90. The molecule has 162 valence electrons. The number of para-hydroxylation sites is 4. The zero-order chi connectivity index (χ0) is 21.5. The zero-order valence-electron chi connectivity index (χ0n) is 17.8. The van der Waals surface area contributed by atoms with Crippen molar-refractivity contribution in [3.8, 4) is 34.5 Å². The lowest BCUT2D eigenvalue weighted by molar-refractivity contribution is 0.00660. The minimum absolute atomic E-state index is 0.443. The maximum Gasteiger partial charge on any atom is 0.204 e. The van der Waals surface area contributed by atoms with Gasteiger partial charge in [-0.25, -0.2) is 0 Å². The number of fused-ring (bicyclic) bond motifs is 1. The molecule has 4 rings (SSSR count). The van der Waals surface area contributed by atoms with Crippen LogP contribution in [0.3, 0.4) is 0 Å². The Kier molecular flexibility index (Phi) is 6.48. The van der Waals surface area contributed by atoms with Crippen LogP contribution < -0.4 is 29.0 Å². The molecule has 1 N–H and O–H groups in total. The average Bonchev–Trinajstić information content (AvgIpc) is 2.80. The summed E-state index contributed by atoms with van der Waals surface area (Å²) in [7, 11) is 1.62. The van der Waals surface area contributed by atoms with E-state index in [1.165, 1.54) is 0 Å². The molecule has 6 heteroatoms. The first kappa shape index (κ1) is 20.9. The second-order valence-corrected chi connectivity index (χ2v) is 7.52. The van der Waals surface area contributed by atoms with Crippen molar-refractivity contribution in [3.63, 3.8) is 0 Å². The number of nitrogens with one attached hydrogen (secondary N) is 1. The van der Waals surface area contributed by atoms with Crippen molar-refractivity contribution in [1.29, 1.82) is 0 Å². The molecule has 1 heterocycles. The molecular formula is C25H27NO5. The summed E-state index contributed by atoms with van der Waals surface area (Å²) in [6.45, 7) is 4.22. The van der Waals surface area contributed by atoms with Gasteiger partial charge in [-0.05, 0) is 43.3 Å². The Balaban J connectivity index is 1.31. The quantitative estimate of drug-likeness (QED) is 0.506. The Labute approximate surface area is 182 Å². The molecule has 1 aliphatic rings. The lowest BCUT2D eigenvalue weighted by atomic mass is 10.1. The van der Waals surface area contributed by atoms with E-state index in [1.54, 1.807) is 7.11 Å². The highest BCUT2D eigenvalue weighted by Gasteiger charge is 2.32. The maximum atomic E-state index is 6.14. The highest BCUT2D eigenvalue weighted by atomic mass is 16.6. The Morgan fingerprint density at radius 1 is 0.903 bits per heavy atom. The van der Waals surface area contributed by atoms with E-state index in [4.69, 9.17) is 23.7 Å². The fourth-order valence-electron chi connectivity index (χ4n) is 3.34. The minimum Gasteiger partial charge on any atom is -0.493 e. The molecule has 0 saturated heterocycles. The van der Waals surface area contributed by atoms with Gasteiger partial charge in [0.15, 0.2) is 28.6 Å². The molecule has 0 saturated carbocycles. The molecule has 0 fully saturated rings. The number of rotatable bonds is 9. The SMILES string of the molecule is COc1cccc(Oc2ccccc2)c1OCCNCC1(C)COc2ccccc2O1. The molecule has 3 aromatic rings. The van der Waals surface area contributed by atoms with E-state index in [2.05, 4.69) is 5.32 Å². The fourth-order valence-corrected chi connectivity index (χ4v) is 3.34. The van der Waals surface area contributed by atoms with Crippen molar-refractivity contribution in [2.45, 2.75) is 12.5 Å². The number of ether oxygens (including phenoxy) is 5. The first-order valence-corrected chi connectivity index (χ1v) is 10.3. The van der Waals surface area contributed by atoms with E-state index in [-0.39, 0.29) is 0 Å². The van der Waals surface area contributed by atoms with Crippen LogP contribution in [0.25, 0.3) is 0 Å². The van der Waals surface area contributed by atoms with Crippen LogP contribution in [0.2, 0.25) is 0 Å². The van der Waals surface area contributed by atoms with Gasteiger partial charge < -0.3 is 29.0 Å². The van der Waals surface area contributed by atoms with E-state index < -0.39 is 5.60 Å². The Morgan fingerprint density at radius 3 is 2.45 bits per heavy atom. The molecule has 6 nitrogen and oxygen atoms in total. The molecule has 0 amide bonds. The first-order chi connectivity index (χ1) is 15.2. The van der Waals surface area contributed by atoms with E-state index in [0.717, 1.165) is 17.2 Å². The Morgan fingerprint density at radius 2 is 1.65 bits per heavy atom. The molecule has 0 radical (unpaired) electrons. The third kappa shape index (κ3) is 5.22. The van der Waals surface area contributed by atoms with Crippen LogP contribution in [0.5, 0.6) is 34.5 Å². The molecule has 3 aromatic carbocycles. The Bertz CT molecular complexity index is 994. The summed E-state index contributed by atoms with van der Waals surface area (Å²) in [5.41, 5.74) is -0.444. The van der Waals surface area contributed by atoms with Crippen molar-refractivity contribution in [1.82, 2.24) is 5.32 Å². The average molecular weight is 421 g/mol. The number of hydrogen-bond donors (Lipinski definition) is 1. The van der Waals surface area contributed by atoms with Gasteiger partial charge in [0.2, 0.25) is 5.75 Å². The van der Waals surface area contributed by atoms with Gasteiger partial charge in [-0.2, -0.15) is 0 Å². The molecule has 1 unspecified atom stereocenters. The third-order valence-corrected chi connectivity index (χ3v) is 4.90. The van der Waals surface area contributed by atoms with Crippen molar-refractivity contribution < 1.29 is 23.7 Å². The van der Waals surface area contributed by atoms with E-state index in [0.29, 0.717) is 43.6 Å².